The van der Waals surface area contributed by atoms with E-state index in [0.29, 0.717) is 17.7 Å². The number of aromatic nitrogens is 2. The summed E-state index contributed by atoms with van der Waals surface area (Å²) in [6, 6.07) is 0. The first-order valence-corrected chi connectivity index (χ1v) is 7.10. The first kappa shape index (κ1) is 13.2. The molecule has 5 heteroatoms. The molecule has 2 rings (SSSR count). The zero-order valence-corrected chi connectivity index (χ0v) is 12.2. The van der Waals surface area contributed by atoms with E-state index in [4.69, 9.17) is 16.3 Å². The van der Waals surface area contributed by atoms with E-state index in [1.807, 2.05) is 0 Å². The summed E-state index contributed by atoms with van der Waals surface area (Å²) in [6.45, 7) is 0.461. The molecule has 17 heavy (non-hydrogen) atoms. The predicted octanol–water partition coefficient (Wildman–Crippen LogP) is 4.09. The number of ether oxygens (including phenoxy) is 1. The summed E-state index contributed by atoms with van der Waals surface area (Å²) >= 11 is 9.52. The molecule has 0 radical (unpaired) electrons. The van der Waals surface area contributed by atoms with Gasteiger partial charge in [-0.25, -0.2) is 9.97 Å². The van der Waals surface area contributed by atoms with Gasteiger partial charge in [0.15, 0.2) is 0 Å². The van der Waals surface area contributed by atoms with Crippen LogP contribution >= 0.6 is 27.5 Å². The third-order valence-electron chi connectivity index (χ3n) is 3.15. The smallest absolute Gasteiger partial charge is 0.147 e. The molecule has 1 aliphatic rings. The van der Waals surface area contributed by atoms with E-state index < -0.39 is 0 Å². The van der Waals surface area contributed by atoms with Gasteiger partial charge >= 0.3 is 0 Å². The number of rotatable bonds is 3. The zero-order valence-electron chi connectivity index (χ0n) is 9.88. The van der Waals surface area contributed by atoms with Crippen molar-refractivity contribution in [1.82, 2.24) is 9.97 Å². The van der Waals surface area contributed by atoms with Crippen LogP contribution in [0.25, 0.3) is 0 Å². The van der Waals surface area contributed by atoms with Crippen LogP contribution in [0.5, 0.6) is 0 Å². The van der Waals surface area contributed by atoms with Crippen LogP contribution in [0.1, 0.15) is 49.5 Å². The number of methoxy groups -OCH3 is 1. The van der Waals surface area contributed by atoms with Crippen molar-refractivity contribution in [3.63, 3.8) is 0 Å². The Morgan fingerprint density at radius 1 is 1.29 bits per heavy atom. The Morgan fingerprint density at radius 3 is 2.65 bits per heavy atom. The van der Waals surface area contributed by atoms with E-state index in [1.165, 1.54) is 32.1 Å². The Kier molecular flexibility index (Phi) is 4.77. The lowest BCUT2D eigenvalue weighted by atomic mass is 9.88. The normalized spacial score (nSPS) is 17.4. The summed E-state index contributed by atoms with van der Waals surface area (Å²) in [5.74, 6) is 1.34. The van der Waals surface area contributed by atoms with Gasteiger partial charge < -0.3 is 4.74 Å². The zero-order chi connectivity index (χ0) is 12.3. The van der Waals surface area contributed by atoms with Gasteiger partial charge in [-0.05, 0) is 28.8 Å². The van der Waals surface area contributed by atoms with Crippen LogP contribution in [0.15, 0.2) is 4.47 Å². The lowest BCUT2D eigenvalue weighted by molar-refractivity contribution is 0.180. The molecule has 1 aliphatic carbocycles. The van der Waals surface area contributed by atoms with E-state index in [0.717, 1.165) is 16.0 Å². The van der Waals surface area contributed by atoms with E-state index in [-0.39, 0.29) is 0 Å². The van der Waals surface area contributed by atoms with Crippen molar-refractivity contribution in [2.75, 3.05) is 7.11 Å². The van der Waals surface area contributed by atoms with Gasteiger partial charge in [-0.1, -0.05) is 30.9 Å². The minimum atomic E-state index is 0.461. The maximum Gasteiger partial charge on any atom is 0.147 e. The van der Waals surface area contributed by atoms with Gasteiger partial charge in [-0.15, -0.1) is 0 Å². The Balaban J connectivity index is 2.27. The molecule has 3 nitrogen and oxygen atoms in total. The Bertz CT molecular complexity index is 394. The first-order chi connectivity index (χ1) is 8.22. The van der Waals surface area contributed by atoms with Crippen LogP contribution in [0.3, 0.4) is 0 Å². The molecule has 0 N–H and O–H groups in total. The predicted molar refractivity (Wildman–Crippen MR) is 71.3 cm³/mol. The fraction of sp³-hybridized carbons (Fsp3) is 0.667. The third kappa shape index (κ3) is 3.18. The molecule has 0 spiro atoms. The molecule has 94 valence electrons. The molecular formula is C12H16BrClN2O. The van der Waals surface area contributed by atoms with Crippen molar-refractivity contribution in [2.45, 2.75) is 44.6 Å². The maximum atomic E-state index is 6.12. The minimum Gasteiger partial charge on any atom is -0.378 e. The first-order valence-electron chi connectivity index (χ1n) is 5.93. The van der Waals surface area contributed by atoms with E-state index >= 15 is 0 Å². The van der Waals surface area contributed by atoms with Crippen molar-refractivity contribution < 1.29 is 4.74 Å². The monoisotopic (exact) mass is 318 g/mol. The Morgan fingerprint density at radius 2 is 2.00 bits per heavy atom. The fourth-order valence-corrected chi connectivity index (χ4v) is 2.74. The summed E-state index contributed by atoms with van der Waals surface area (Å²) in [6.07, 6.45) is 6.20. The molecule has 1 aromatic rings. The molecular weight excluding hydrogens is 304 g/mol. The second-order valence-corrected chi connectivity index (χ2v) is 5.55. The van der Waals surface area contributed by atoms with Gasteiger partial charge in [0.2, 0.25) is 0 Å². The average Bonchev–Trinajstić information content (AvgIpc) is 2.36. The van der Waals surface area contributed by atoms with Gasteiger partial charge in [0.05, 0.1) is 16.8 Å². The summed E-state index contributed by atoms with van der Waals surface area (Å²) in [5, 5.41) is 0.493. The molecule has 0 unspecified atom stereocenters. The minimum absolute atomic E-state index is 0.461. The van der Waals surface area contributed by atoms with Gasteiger partial charge in [-0.2, -0.15) is 0 Å². The van der Waals surface area contributed by atoms with E-state index in [2.05, 4.69) is 25.9 Å². The van der Waals surface area contributed by atoms with Gasteiger partial charge in [0, 0.05) is 13.0 Å². The van der Waals surface area contributed by atoms with Crippen LogP contribution in [0, 0.1) is 0 Å². The number of nitrogens with zero attached hydrogens (tertiary/aromatic N) is 2. The van der Waals surface area contributed by atoms with Gasteiger partial charge in [0.25, 0.3) is 0 Å². The van der Waals surface area contributed by atoms with Crippen LogP contribution in [0.4, 0.5) is 0 Å². The fourth-order valence-electron chi connectivity index (χ4n) is 2.26. The van der Waals surface area contributed by atoms with Crippen LogP contribution in [-0.2, 0) is 11.3 Å². The lowest BCUT2D eigenvalue weighted by Gasteiger charge is -2.21. The third-order valence-corrected chi connectivity index (χ3v) is 4.48. The standard InChI is InChI=1S/C12H16BrClN2O/c1-17-7-9-10(13)11(14)16-12(15-9)8-5-3-2-4-6-8/h8H,2-7H2,1H3. The topological polar surface area (TPSA) is 35.0 Å². The highest BCUT2D eigenvalue weighted by Gasteiger charge is 2.20. The second kappa shape index (κ2) is 6.12. The van der Waals surface area contributed by atoms with E-state index in [9.17, 15) is 0 Å². The van der Waals surface area contributed by atoms with Crippen LogP contribution < -0.4 is 0 Å². The number of halogens is 2. The summed E-state index contributed by atoms with van der Waals surface area (Å²) in [4.78, 5) is 8.97. The molecule has 1 saturated carbocycles. The summed E-state index contributed by atoms with van der Waals surface area (Å²) in [7, 11) is 1.66. The average molecular weight is 320 g/mol. The Hall–Kier alpha value is -0.190. The highest BCUT2D eigenvalue weighted by atomic mass is 79.9. The molecule has 1 aromatic heterocycles. The molecule has 0 bridgehead atoms. The van der Waals surface area contributed by atoms with Crippen LogP contribution in [0.2, 0.25) is 5.15 Å². The largest absolute Gasteiger partial charge is 0.378 e. The highest BCUT2D eigenvalue weighted by molar-refractivity contribution is 9.10. The van der Waals surface area contributed by atoms with Crippen molar-refractivity contribution in [2.24, 2.45) is 0 Å². The molecule has 0 aliphatic heterocycles. The molecule has 0 amide bonds. The molecule has 0 aromatic carbocycles. The molecule has 1 fully saturated rings. The van der Waals surface area contributed by atoms with Crippen molar-refractivity contribution in [3.8, 4) is 0 Å². The Labute approximate surface area is 115 Å². The van der Waals surface area contributed by atoms with Crippen molar-refractivity contribution >= 4 is 27.5 Å². The van der Waals surface area contributed by atoms with Crippen molar-refractivity contribution in [1.29, 1.82) is 0 Å². The highest BCUT2D eigenvalue weighted by Crippen LogP contribution is 2.33. The second-order valence-electron chi connectivity index (χ2n) is 4.40. The quantitative estimate of drug-likeness (QED) is 0.787. The van der Waals surface area contributed by atoms with Crippen LogP contribution in [-0.4, -0.2) is 17.1 Å². The van der Waals surface area contributed by atoms with E-state index in [1.54, 1.807) is 7.11 Å². The lowest BCUT2D eigenvalue weighted by Crippen LogP contribution is -2.11. The molecule has 0 saturated heterocycles. The molecule has 0 atom stereocenters. The number of hydrogen-bond acceptors (Lipinski definition) is 3. The number of hydrogen-bond donors (Lipinski definition) is 0. The van der Waals surface area contributed by atoms with Gasteiger partial charge in [0.1, 0.15) is 11.0 Å². The van der Waals surface area contributed by atoms with Crippen molar-refractivity contribution in [3.05, 3.63) is 21.1 Å². The maximum absolute atomic E-state index is 6.12. The summed E-state index contributed by atoms with van der Waals surface area (Å²) in [5.41, 5.74) is 0.841. The molecule has 1 heterocycles. The SMILES string of the molecule is COCc1nc(C2CCCCC2)nc(Cl)c1Br. The van der Waals surface area contributed by atoms with Gasteiger partial charge in [-0.3, -0.25) is 0 Å². The summed E-state index contributed by atoms with van der Waals surface area (Å²) < 4.78 is 5.88.